The van der Waals surface area contributed by atoms with E-state index < -0.39 is 0 Å². The highest BCUT2D eigenvalue weighted by atomic mass is 15.3. The van der Waals surface area contributed by atoms with Crippen LogP contribution in [0, 0.1) is 0 Å². The summed E-state index contributed by atoms with van der Waals surface area (Å²) in [4.78, 5) is 0. The quantitative estimate of drug-likeness (QED) is 0.826. The van der Waals surface area contributed by atoms with Crippen molar-refractivity contribution in [2.75, 3.05) is 11.1 Å². The summed E-state index contributed by atoms with van der Waals surface area (Å²) in [5.41, 5.74) is 7.96. The van der Waals surface area contributed by atoms with Crippen molar-refractivity contribution < 1.29 is 0 Å². The van der Waals surface area contributed by atoms with Crippen LogP contribution in [0.25, 0.3) is 0 Å². The first-order valence-corrected chi connectivity index (χ1v) is 6.18. The lowest BCUT2D eigenvalue weighted by Crippen LogP contribution is -2.17. The highest BCUT2D eigenvalue weighted by Crippen LogP contribution is 2.30. The second kappa shape index (κ2) is 4.36. The van der Waals surface area contributed by atoms with E-state index in [2.05, 4.69) is 24.3 Å². The molecule has 1 heterocycles. The molecule has 0 radical (unpaired) electrons. The molecule has 1 fully saturated rings. The summed E-state index contributed by atoms with van der Waals surface area (Å²) in [5.74, 6) is 1.38. The van der Waals surface area contributed by atoms with E-state index in [0.29, 0.717) is 12.0 Å². The first-order valence-electron chi connectivity index (χ1n) is 6.18. The normalized spacial score (nSPS) is 17.2. The third kappa shape index (κ3) is 2.01. The molecule has 4 heteroatoms. The predicted octanol–water partition coefficient (Wildman–Crippen LogP) is 2.48. The van der Waals surface area contributed by atoms with Gasteiger partial charge in [0, 0.05) is 13.1 Å². The van der Waals surface area contributed by atoms with Gasteiger partial charge in [-0.3, -0.25) is 4.68 Å². The summed E-state index contributed by atoms with van der Waals surface area (Å²) in [6, 6.07) is 0.581. The predicted molar refractivity (Wildman–Crippen MR) is 67.6 cm³/mol. The first kappa shape index (κ1) is 11.3. The number of nitrogen functional groups attached to an aromatic ring is 1. The molecular formula is C12H22N4. The second-order valence-electron chi connectivity index (χ2n) is 5.05. The van der Waals surface area contributed by atoms with Crippen LogP contribution in [0.15, 0.2) is 0 Å². The summed E-state index contributed by atoms with van der Waals surface area (Å²) < 4.78 is 1.88. The van der Waals surface area contributed by atoms with E-state index in [4.69, 9.17) is 5.73 Å². The number of nitrogens with zero attached hydrogens (tertiary/aromatic N) is 2. The average molecular weight is 222 g/mol. The standard InChI is InChI=1S/C12H22N4/c1-8(2)11-10(13)12(16(3)15-11)14-9-6-4-5-7-9/h8-9,14H,4-7,13H2,1-3H3. The number of hydrogen-bond acceptors (Lipinski definition) is 3. The smallest absolute Gasteiger partial charge is 0.148 e. The van der Waals surface area contributed by atoms with Crippen LogP contribution in [-0.4, -0.2) is 15.8 Å². The summed E-state index contributed by atoms with van der Waals surface area (Å²) in [6.45, 7) is 4.25. The van der Waals surface area contributed by atoms with Crippen LogP contribution < -0.4 is 11.1 Å². The van der Waals surface area contributed by atoms with Gasteiger partial charge >= 0.3 is 0 Å². The van der Waals surface area contributed by atoms with Gasteiger partial charge in [0.25, 0.3) is 0 Å². The summed E-state index contributed by atoms with van der Waals surface area (Å²) >= 11 is 0. The van der Waals surface area contributed by atoms with E-state index in [9.17, 15) is 0 Å². The monoisotopic (exact) mass is 222 g/mol. The zero-order chi connectivity index (χ0) is 11.7. The Morgan fingerprint density at radius 2 is 2.00 bits per heavy atom. The fraction of sp³-hybridized carbons (Fsp3) is 0.750. The molecule has 0 spiro atoms. The molecule has 1 aliphatic carbocycles. The molecule has 0 atom stereocenters. The Kier molecular flexibility index (Phi) is 3.08. The molecular weight excluding hydrogens is 200 g/mol. The van der Waals surface area contributed by atoms with E-state index >= 15 is 0 Å². The third-order valence-corrected chi connectivity index (χ3v) is 3.36. The van der Waals surface area contributed by atoms with Crippen LogP contribution in [0.1, 0.15) is 51.1 Å². The minimum absolute atomic E-state index is 0.380. The van der Waals surface area contributed by atoms with Gasteiger partial charge < -0.3 is 11.1 Å². The van der Waals surface area contributed by atoms with Crippen LogP contribution in [0.3, 0.4) is 0 Å². The van der Waals surface area contributed by atoms with Gasteiger partial charge in [-0.1, -0.05) is 26.7 Å². The summed E-state index contributed by atoms with van der Waals surface area (Å²) in [6.07, 6.45) is 5.15. The largest absolute Gasteiger partial charge is 0.394 e. The number of nitrogens with two attached hydrogens (primary N) is 1. The second-order valence-corrected chi connectivity index (χ2v) is 5.05. The molecule has 0 bridgehead atoms. The van der Waals surface area contributed by atoms with Crippen LogP contribution in [0.2, 0.25) is 0 Å². The number of rotatable bonds is 3. The van der Waals surface area contributed by atoms with E-state index in [0.717, 1.165) is 17.2 Å². The van der Waals surface area contributed by atoms with Crippen LogP contribution in [-0.2, 0) is 7.05 Å². The minimum atomic E-state index is 0.380. The van der Waals surface area contributed by atoms with Crippen molar-refractivity contribution in [1.29, 1.82) is 0 Å². The Bertz CT molecular complexity index is 361. The number of hydrogen-bond donors (Lipinski definition) is 2. The Balaban J connectivity index is 2.19. The Morgan fingerprint density at radius 1 is 1.38 bits per heavy atom. The molecule has 1 saturated carbocycles. The minimum Gasteiger partial charge on any atom is -0.394 e. The molecule has 1 aromatic heterocycles. The lowest BCUT2D eigenvalue weighted by molar-refractivity contribution is 0.692. The lowest BCUT2D eigenvalue weighted by atomic mass is 10.1. The third-order valence-electron chi connectivity index (χ3n) is 3.36. The zero-order valence-corrected chi connectivity index (χ0v) is 10.5. The zero-order valence-electron chi connectivity index (χ0n) is 10.5. The first-order chi connectivity index (χ1) is 7.59. The van der Waals surface area contributed by atoms with Crippen molar-refractivity contribution >= 4 is 11.5 Å². The van der Waals surface area contributed by atoms with Crippen molar-refractivity contribution in [3.05, 3.63) is 5.69 Å². The van der Waals surface area contributed by atoms with Gasteiger partial charge in [0.2, 0.25) is 0 Å². The van der Waals surface area contributed by atoms with Crippen LogP contribution in [0.4, 0.5) is 11.5 Å². The number of aromatic nitrogens is 2. The highest BCUT2D eigenvalue weighted by molar-refractivity contribution is 5.66. The Labute approximate surface area is 97.2 Å². The molecule has 0 aromatic carbocycles. The molecule has 0 amide bonds. The van der Waals surface area contributed by atoms with Gasteiger partial charge in [0.1, 0.15) is 5.82 Å². The van der Waals surface area contributed by atoms with Crippen molar-refractivity contribution in [2.45, 2.75) is 51.5 Å². The van der Waals surface area contributed by atoms with E-state index in [-0.39, 0.29) is 0 Å². The maximum Gasteiger partial charge on any atom is 0.148 e. The van der Waals surface area contributed by atoms with Gasteiger partial charge in [-0.05, 0) is 18.8 Å². The van der Waals surface area contributed by atoms with Crippen molar-refractivity contribution in [3.63, 3.8) is 0 Å². The Hall–Kier alpha value is -1.19. The molecule has 0 saturated heterocycles. The van der Waals surface area contributed by atoms with Gasteiger partial charge in [0.15, 0.2) is 0 Å². The maximum absolute atomic E-state index is 6.14. The molecule has 90 valence electrons. The summed E-state index contributed by atoms with van der Waals surface area (Å²) in [5, 5.41) is 8.01. The molecule has 0 unspecified atom stereocenters. The van der Waals surface area contributed by atoms with Gasteiger partial charge in [-0.15, -0.1) is 0 Å². The number of aryl methyl sites for hydroxylation is 1. The molecule has 0 aliphatic heterocycles. The molecule has 3 N–H and O–H groups in total. The number of nitrogens with one attached hydrogen (secondary N) is 1. The number of anilines is 2. The van der Waals surface area contributed by atoms with E-state index in [1.54, 1.807) is 0 Å². The fourth-order valence-corrected chi connectivity index (χ4v) is 2.42. The van der Waals surface area contributed by atoms with Gasteiger partial charge in [-0.25, -0.2) is 0 Å². The van der Waals surface area contributed by atoms with E-state index in [1.165, 1.54) is 25.7 Å². The topological polar surface area (TPSA) is 55.9 Å². The van der Waals surface area contributed by atoms with Gasteiger partial charge in [0.05, 0.1) is 11.4 Å². The molecule has 4 nitrogen and oxygen atoms in total. The van der Waals surface area contributed by atoms with Crippen molar-refractivity contribution in [3.8, 4) is 0 Å². The van der Waals surface area contributed by atoms with Gasteiger partial charge in [-0.2, -0.15) is 5.10 Å². The molecule has 1 aromatic rings. The Morgan fingerprint density at radius 3 is 2.50 bits per heavy atom. The SMILES string of the molecule is CC(C)c1nn(C)c(NC2CCCC2)c1N. The van der Waals surface area contributed by atoms with Crippen molar-refractivity contribution in [2.24, 2.45) is 7.05 Å². The van der Waals surface area contributed by atoms with Crippen LogP contribution >= 0.6 is 0 Å². The van der Waals surface area contributed by atoms with Crippen LogP contribution in [0.5, 0.6) is 0 Å². The molecule has 16 heavy (non-hydrogen) atoms. The van der Waals surface area contributed by atoms with E-state index in [1.807, 2.05) is 11.7 Å². The maximum atomic E-state index is 6.14. The summed E-state index contributed by atoms with van der Waals surface area (Å²) in [7, 11) is 1.96. The molecule has 1 aliphatic rings. The average Bonchev–Trinajstić information content (AvgIpc) is 2.81. The van der Waals surface area contributed by atoms with Crippen molar-refractivity contribution in [1.82, 2.24) is 9.78 Å². The molecule has 2 rings (SSSR count). The lowest BCUT2D eigenvalue weighted by Gasteiger charge is -2.14. The highest BCUT2D eigenvalue weighted by Gasteiger charge is 2.20. The fourth-order valence-electron chi connectivity index (χ4n) is 2.42.